The summed E-state index contributed by atoms with van der Waals surface area (Å²) in [5, 5.41) is 3.09. The molecule has 1 fully saturated rings. The second-order valence-electron chi connectivity index (χ2n) is 2.12. The minimum Gasteiger partial charge on any atom is -0.374 e. The average Bonchev–Trinajstić information content (AvgIpc) is 1.67. The van der Waals surface area contributed by atoms with Crippen LogP contribution in [0.5, 0.6) is 0 Å². The summed E-state index contributed by atoms with van der Waals surface area (Å²) < 4.78 is 5.13. The molecule has 0 aromatic carbocycles. The molecule has 3 heteroatoms. The predicted molar refractivity (Wildman–Crippen MR) is 33.3 cm³/mol. The lowest BCUT2D eigenvalue weighted by Gasteiger charge is -2.39. The lowest BCUT2D eigenvalue weighted by atomic mass is 10.0. The second-order valence-corrected chi connectivity index (χ2v) is 2.39. The smallest absolute Gasteiger partial charge is 0.106 e. The van der Waals surface area contributed by atoms with Gasteiger partial charge in [-0.3, -0.25) is 0 Å². The fourth-order valence-electron chi connectivity index (χ4n) is 0.697. The molecule has 0 aromatic heterocycles. The van der Waals surface area contributed by atoms with Gasteiger partial charge in [0.25, 0.3) is 0 Å². The van der Waals surface area contributed by atoms with Crippen LogP contribution in [0.3, 0.4) is 0 Å². The summed E-state index contributed by atoms with van der Waals surface area (Å²) in [7, 11) is 1.70. The predicted octanol–water partition coefficient (Wildman–Crippen LogP) is 0.214. The van der Waals surface area contributed by atoms with Crippen LogP contribution in [-0.2, 0) is 4.74 Å². The van der Waals surface area contributed by atoms with E-state index in [0.717, 1.165) is 13.1 Å². The number of rotatable bonds is 2. The Hall–Kier alpha value is 0.210. The van der Waals surface area contributed by atoms with Gasteiger partial charge >= 0.3 is 0 Å². The zero-order valence-electron chi connectivity index (χ0n) is 4.91. The molecule has 0 amide bonds. The summed E-state index contributed by atoms with van der Waals surface area (Å²) >= 11 is 5.60. The Balaban J connectivity index is 2.33. The van der Waals surface area contributed by atoms with E-state index in [0.29, 0.717) is 5.88 Å². The Morgan fingerprint density at radius 3 is 2.38 bits per heavy atom. The number of methoxy groups -OCH3 is 1. The normalized spacial score (nSPS) is 24.8. The lowest BCUT2D eigenvalue weighted by molar-refractivity contribution is -0.0318. The van der Waals surface area contributed by atoms with Gasteiger partial charge in [0, 0.05) is 20.2 Å². The third kappa shape index (κ3) is 0.835. The summed E-state index contributed by atoms with van der Waals surface area (Å²) in [6.07, 6.45) is 0. The van der Waals surface area contributed by atoms with E-state index in [1.165, 1.54) is 0 Å². The second kappa shape index (κ2) is 2.21. The minimum absolute atomic E-state index is 0.0401. The molecule has 1 heterocycles. The van der Waals surface area contributed by atoms with Crippen LogP contribution in [0.2, 0.25) is 0 Å². The number of alkyl halides is 1. The van der Waals surface area contributed by atoms with Gasteiger partial charge in [0.2, 0.25) is 0 Å². The molecule has 0 unspecified atom stereocenters. The van der Waals surface area contributed by atoms with Crippen molar-refractivity contribution in [3.05, 3.63) is 0 Å². The first kappa shape index (κ1) is 6.33. The van der Waals surface area contributed by atoms with Gasteiger partial charge in [-0.05, 0) is 0 Å². The lowest BCUT2D eigenvalue weighted by Crippen LogP contribution is -2.61. The highest BCUT2D eigenvalue weighted by molar-refractivity contribution is 6.18. The van der Waals surface area contributed by atoms with E-state index in [1.807, 2.05) is 0 Å². The van der Waals surface area contributed by atoms with Crippen LogP contribution in [0.1, 0.15) is 0 Å². The van der Waals surface area contributed by atoms with E-state index in [1.54, 1.807) is 7.11 Å². The third-order valence-corrected chi connectivity index (χ3v) is 2.06. The highest BCUT2D eigenvalue weighted by atomic mass is 35.5. The Kier molecular flexibility index (Phi) is 1.75. The molecule has 8 heavy (non-hydrogen) atoms. The van der Waals surface area contributed by atoms with Crippen molar-refractivity contribution in [3.63, 3.8) is 0 Å². The van der Waals surface area contributed by atoms with Crippen molar-refractivity contribution in [1.82, 2.24) is 5.32 Å². The minimum atomic E-state index is -0.0401. The highest BCUT2D eigenvalue weighted by Crippen LogP contribution is 2.16. The van der Waals surface area contributed by atoms with Crippen LogP contribution < -0.4 is 5.32 Å². The Bertz CT molecular complexity index is 69.0. The van der Waals surface area contributed by atoms with E-state index in [-0.39, 0.29) is 5.60 Å². The van der Waals surface area contributed by atoms with Gasteiger partial charge in [-0.25, -0.2) is 0 Å². The molecule has 48 valence electrons. The van der Waals surface area contributed by atoms with Gasteiger partial charge in [-0.15, -0.1) is 11.6 Å². The average molecular weight is 136 g/mol. The number of hydrogen-bond acceptors (Lipinski definition) is 2. The third-order valence-electron chi connectivity index (χ3n) is 1.57. The molecule has 1 N–H and O–H groups in total. The molecule has 1 aliphatic heterocycles. The summed E-state index contributed by atoms with van der Waals surface area (Å²) in [5.74, 6) is 0.594. The fraction of sp³-hybridized carbons (Fsp3) is 1.00. The first-order valence-corrected chi connectivity index (χ1v) is 3.18. The molecular weight excluding hydrogens is 126 g/mol. The Labute approximate surface area is 54.2 Å². The number of hydrogen-bond donors (Lipinski definition) is 1. The summed E-state index contributed by atoms with van der Waals surface area (Å²) in [5.41, 5.74) is -0.0401. The maximum atomic E-state index is 5.60. The number of halogens is 1. The van der Waals surface area contributed by atoms with E-state index in [2.05, 4.69) is 5.32 Å². The van der Waals surface area contributed by atoms with Crippen molar-refractivity contribution in [3.8, 4) is 0 Å². The maximum absolute atomic E-state index is 5.60. The van der Waals surface area contributed by atoms with Crippen molar-refractivity contribution in [2.24, 2.45) is 0 Å². The first-order valence-electron chi connectivity index (χ1n) is 2.65. The quantitative estimate of drug-likeness (QED) is 0.547. The molecule has 0 bridgehead atoms. The van der Waals surface area contributed by atoms with Crippen molar-refractivity contribution in [2.75, 3.05) is 26.1 Å². The molecule has 0 aliphatic carbocycles. The molecule has 1 saturated heterocycles. The van der Waals surface area contributed by atoms with Crippen LogP contribution >= 0.6 is 11.6 Å². The van der Waals surface area contributed by atoms with Gasteiger partial charge in [-0.1, -0.05) is 0 Å². The molecule has 1 rings (SSSR count). The maximum Gasteiger partial charge on any atom is 0.106 e. The molecule has 2 nitrogen and oxygen atoms in total. The number of ether oxygens (including phenoxy) is 1. The first-order chi connectivity index (χ1) is 3.83. The highest BCUT2D eigenvalue weighted by Gasteiger charge is 2.35. The van der Waals surface area contributed by atoms with Crippen LogP contribution in [0, 0.1) is 0 Å². The molecular formula is C5H10ClNO. The summed E-state index contributed by atoms with van der Waals surface area (Å²) in [6.45, 7) is 1.79. The number of nitrogens with one attached hydrogen (secondary N) is 1. The summed E-state index contributed by atoms with van der Waals surface area (Å²) in [4.78, 5) is 0. The van der Waals surface area contributed by atoms with Gasteiger partial charge in [0.1, 0.15) is 5.60 Å². The van der Waals surface area contributed by atoms with Gasteiger partial charge in [0.15, 0.2) is 0 Å². The van der Waals surface area contributed by atoms with Crippen LogP contribution in [0.4, 0.5) is 0 Å². The van der Waals surface area contributed by atoms with Crippen molar-refractivity contribution in [1.29, 1.82) is 0 Å². The Morgan fingerprint density at radius 1 is 1.75 bits per heavy atom. The van der Waals surface area contributed by atoms with Crippen molar-refractivity contribution < 1.29 is 4.74 Å². The fourth-order valence-corrected chi connectivity index (χ4v) is 0.995. The van der Waals surface area contributed by atoms with E-state index < -0.39 is 0 Å². The van der Waals surface area contributed by atoms with Crippen LogP contribution in [0.25, 0.3) is 0 Å². The standard InChI is InChI=1S/C5H10ClNO/c1-8-5(2-6)3-7-4-5/h7H,2-4H2,1H3. The van der Waals surface area contributed by atoms with Crippen LogP contribution in [0.15, 0.2) is 0 Å². The van der Waals surface area contributed by atoms with Crippen molar-refractivity contribution >= 4 is 11.6 Å². The largest absolute Gasteiger partial charge is 0.374 e. The van der Waals surface area contributed by atoms with Gasteiger partial charge < -0.3 is 10.1 Å². The molecule has 0 spiro atoms. The SMILES string of the molecule is COC1(CCl)CNC1. The molecule has 0 radical (unpaired) electrons. The van der Waals surface area contributed by atoms with Gasteiger partial charge in [-0.2, -0.15) is 0 Å². The summed E-state index contributed by atoms with van der Waals surface area (Å²) in [6, 6.07) is 0. The zero-order chi connectivity index (χ0) is 6.04. The van der Waals surface area contributed by atoms with E-state index in [9.17, 15) is 0 Å². The van der Waals surface area contributed by atoms with E-state index >= 15 is 0 Å². The molecule has 0 saturated carbocycles. The topological polar surface area (TPSA) is 21.3 Å². The van der Waals surface area contributed by atoms with E-state index in [4.69, 9.17) is 16.3 Å². The molecule has 1 aliphatic rings. The molecule has 0 aromatic rings. The van der Waals surface area contributed by atoms with Gasteiger partial charge in [0.05, 0.1) is 5.88 Å². The van der Waals surface area contributed by atoms with Crippen LogP contribution in [-0.4, -0.2) is 31.7 Å². The zero-order valence-corrected chi connectivity index (χ0v) is 5.66. The van der Waals surface area contributed by atoms with Crippen molar-refractivity contribution in [2.45, 2.75) is 5.60 Å². The monoisotopic (exact) mass is 135 g/mol. The Morgan fingerprint density at radius 2 is 2.38 bits per heavy atom. The molecule has 0 atom stereocenters.